The molecule has 2 rings (SSSR count). The van der Waals surface area contributed by atoms with Crippen molar-refractivity contribution >= 4 is 11.8 Å². The molecule has 0 bridgehead atoms. The maximum atomic E-state index is 12.4. The predicted molar refractivity (Wildman–Crippen MR) is 77.6 cm³/mol. The van der Waals surface area contributed by atoms with Gasteiger partial charge in [-0.2, -0.15) is 0 Å². The van der Waals surface area contributed by atoms with Crippen LogP contribution in [-0.4, -0.2) is 70.3 Å². The molecule has 0 spiro atoms. The van der Waals surface area contributed by atoms with Gasteiger partial charge in [-0.15, -0.1) is 0 Å². The lowest BCUT2D eigenvalue weighted by molar-refractivity contribution is -0.128. The normalized spacial score (nSPS) is 19.6. The number of likely N-dealkylation sites (N-methyl/N-ethyl adjacent to an activating group) is 1. The second-order valence-corrected chi connectivity index (χ2v) is 5.30. The summed E-state index contributed by atoms with van der Waals surface area (Å²) in [7, 11) is 1.62. The van der Waals surface area contributed by atoms with Crippen LogP contribution in [0, 0.1) is 0 Å². The molecular formula is C14H21N5O2. The monoisotopic (exact) mass is 291 g/mol. The number of amides is 2. The van der Waals surface area contributed by atoms with E-state index < -0.39 is 0 Å². The molecule has 0 aliphatic carbocycles. The SMILES string of the molecule is CNC(=O)C1CN(C(=O)c2cnccn2)CCN1C(C)C. The number of carbonyl (C=O) groups is 2. The Hall–Kier alpha value is -2.02. The second-order valence-electron chi connectivity index (χ2n) is 5.30. The third kappa shape index (κ3) is 3.36. The largest absolute Gasteiger partial charge is 0.358 e. The fourth-order valence-corrected chi connectivity index (χ4v) is 2.57. The lowest BCUT2D eigenvalue weighted by Gasteiger charge is -2.42. The summed E-state index contributed by atoms with van der Waals surface area (Å²) in [6.07, 6.45) is 4.47. The van der Waals surface area contributed by atoms with E-state index >= 15 is 0 Å². The second kappa shape index (κ2) is 6.62. The van der Waals surface area contributed by atoms with Gasteiger partial charge in [-0.05, 0) is 13.8 Å². The van der Waals surface area contributed by atoms with Crippen LogP contribution in [0.1, 0.15) is 24.3 Å². The van der Waals surface area contributed by atoms with Crippen molar-refractivity contribution in [2.75, 3.05) is 26.7 Å². The number of nitrogens with zero attached hydrogens (tertiary/aromatic N) is 4. The Morgan fingerprint density at radius 2 is 2.10 bits per heavy atom. The molecular weight excluding hydrogens is 270 g/mol. The number of nitrogens with one attached hydrogen (secondary N) is 1. The van der Waals surface area contributed by atoms with Crippen LogP contribution in [0.2, 0.25) is 0 Å². The van der Waals surface area contributed by atoms with Gasteiger partial charge in [-0.1, -0.05) is 0 Å². The molecule has 1 unspecified atom stereocenters. The molecule has 1 fully saturated rings. The van der Waals surface area contributed by atoms with E-state index in [2.05, 4.69) is 34.0 Å². The van der Waals surface area contributed by atoms with E-state index in [0.29, 0.717) is 25.3 Å². The quantitative estimate of drug-likeness (QED) is 0.831. The number of hydrogen-bond acceptors (Lipinski definition) is 5. The zero-order valence-electron chi connectivity index (χ0n) is 12.6. The Kier molecular flexibility index (Phi) is 4.85. The van der Waals surface area contributed by atoms with Crippen molar-refractivity contribution in [3.8, 4) is 0 Å². The van der Waals surface area contributed by atoms with E-state index in [4.69, 9.17) is 0 Å². The Morgan fingerprint density at radius 3 is 2.67 bits per heavy atom. The van der Waals surface area contributed by atoms with Crippen LogP contribution in [0.5, 0.6) is 0 Å². The fourth-order valence-electron chi connectivity index (χ4n) is 2.57. The summed E-state index contributed by atoms with van der Waals surface area (Å²) in [6, 6.07) is -0.0783. The summed E-state index contributed by atoms with van der Waals surface area (Å²) in [5.41, 5.74) is 0.311. The Balaban J connectivity index is 2.14. The van der Waals surface area contributed by atoms with Gasteiger partial charge in [0.1, 0.15) is 11.7 Å². The number of rotatable bonds is 3. The standard InChI is InChI=1S/C14H21N5O2/c1-10(2)19-7-6-18(9-12(19)13(20)15-3)14(21)11-8-16-4-5-17-11/h4-5,8,10,12H,6-7,9H2,1-3H3,(H,15,20). The highest BCUT2D eigenvalue weighted by atomic mass is 16.2. The van der Waals surface area contributed by atoms with E-state index in [1.165, 1.54) is 18.6 Å². The molecule has 0 aromatic carbocycles. The van der Waals surface area contributed by atoms with Crippen molar-refractivity contribution < 1.29 is 9.59 Å². The van der Waals surface area contributed by atoms with Gasteiger partial charge in [-0.3, -0.25) is 19.5 Å². The van der Waals surface area contributed by atoms with E-state index in [0.717, 1.165) is 0 Å². The zero-order valence-corrected chi connectivity index (χ0v) is 12.6. The van der Waals surface area contributed by atoms with Crippen LogP contribution in [-0.2, 0) is 4.79 Å². The van der Waals surface area contributed by atoms with Crippen LogP contribution < -0.4 is 5.32 Å². The van der Waals surface area contributed by atoms with Gasteiger partial charge < -0.3 is 10.2 Å². The first-order chi connectivity index (χ1) is 10.0. The number of piperazine rings is 1. The van der Waals surface area contributed by atoms with Gasteiger partial charge in [0.15, 0.2) is 0 Å². The number of carbonyl (C=O) groups excluding carboxylic acids is 2. The Bertz CT molecular complexity index is 505. The first-order valence-electron chi connectivity index (χ1n) is 7.07. The molecule has 0 radical (unpaired) electrons. The molecule has 2 amide bonds. The van der Waals surface area contributed by atoms with Crippen LogP contribution in [0.15, 0.2) is 18.6 Å². The van der Waals surface area contributed by atoms with Gasteiger partial charge in [0.05, 0.1) is 6.20 Å². The average Bonchev–Trinajstić information content (AvgIpc) is 2.53. The van der Waals surface area contributed by atoms with Crippen molar-refractivity contribution in [3.63, 3.8) is 0 Å². The first-order valence-corrected chi connectivity index (χ1v) is 7.07. The molecule has 1 aromatic heterocycles. The minimum Gasteiger partial charge on any atom is -0.358 e. The highest BCUT2D eigenvalue weighted by molar-refractivity contribution is 5.93. The lowest BCUT2D eigenvalue weighted by Crippen LogP contribution is -2.61. The highest BCUT2D eigenvalue weighted by Gasteiger charge is 2.35. The number of aromatic nitrogens is 2. The third-order valence-electron chi connectivity index (χ3n) is 3.70. The fraction of sp³-hybridized carbons (Fsp3) is 0.571. The third-order valence-corrected chi connectivity index (χ3v) is 3.70. The molecule has 7 heteroatoms. The maximum Gasteiger partial charge on any atom is 0.274 e. The molecule has 21 heavy (non-hydrogen) atoms. The summed E-state index contributed by atoms with van der Waals surface area (Å²) < 4.78 is 0. The molecule has 1 aliphatic heterocycles. The van der Waals surface area contributed by atoms with Crippen LogP contribution in [0.3, 0.4) is 0 Å². The summed E-state index contributed by atoms with van der Waals surface area (Å²) in [5, 5.41) is 2.67. The van der Waals surface area contributed by atoms with Gasteiger partial charge in [0.25, 0.3) is 5.91 Å². The minimum atomic E-state index is -0.329. The lowest BCUT2D eigenvalue weighted by atomic mass is 10.1. The summed E-state index contributed by atoms with van der Waals surface area (Å²) in [5.74, 6) is -0.249. The van der Waals surface area contributed by atoms with Crippen molar-refractivity contribution in [1.82, 2.24) is 25.1 Å². The van der Waals surface area contributed by atoms with Crippen molar-refractivity contribution in [1.29, 1.82) is 0 Å². The first kappa shape index (κ1) is 15.4. The minimum absolute atomic E-state index is 0.0691. The molecule has 1 aromatic rings. The van der Waals surface area contributed by atoms with E-state index in [1.54, 1.807) is 11.9 Å². The van der Waals surface area contributed by atoms with Crippen molar-refractivity contribution in [2.45, 2.75) is 25.9 Å². The molecule has 1 atom stereocenters. The molecule has 0 saturated carbocycles. The molecule has 1 aliphatic rings. The molecule has 2 heterocycles. The summed E-state index contributed by atoms with van der Waals surface area (Å²) in [6.45, 7) is 5.72. The summed E-state index contributed by atoms with van der Waals surface area (Å²) in [4.78, 5) is 36.2. The zero-order chi connectivity index (χ0) is 15.4. The Labute approximate surface area is 124 Å². The van der Waals surface area contributed by atoms with Crippen LogP contribution in [0.25, 0.3) is 0 Å². The van der Waals surface area contributed by atoms with Crippen LogP contribution >= 0.6 is 0 Å². The van der Waals surface area contributed by atoms with Gasteiger partial charge in [-0.25, -0.2) is 4.98 Å². The molecule has 1 N–H and O–H groups in total. The maximum absolute atomic E-state index is 12.4. The van der Waals surface area contributed by atoms with E-state index in [-0.39, 0.29) is 23.9 Å². The highest BCUT2D eigenvalue weighted by Crippen LogP contribution is 2.15. The van der Waals surface area contributed by atoms with Crippen LogP contribution in [0.4, 0.5) is 0 Å². The van der Waals surface area contributed by atoms with Crippen molar-refractivity contribution in [2.24, 2.45) is 0 Å². The molecule has 1 saturated heterocycles. The smallest absolute Gasteiger partial charge is 0.274 e. The topological polar surface area (TPSA) is 78.4 Å². The predicted octanol–water partition coefficient (Wildman–Crippen LogP) is -0.243. The molecule has 114 valence electrons. The average molecular weight is 291 g/mol. The summed E-state index contributed by atoms with van der Waals surface area (Å²) >= 11 is 0. The number of hydrogen-bond donors (Lipinski definition) is 1. The van der Waals surface area contributed by atoms with Crippen molar-refractivity contribution in [3.05, 3.63) is 24.3 Å². The van der Waals surface area contributed by atoms with Gasteiger partial charge in [0, 0.05) is 45.1 Å². The molecule has 7 nitrogen and oxygen atoms in total. The van der Waals surface area contributed by atoms with E-state index in [9.17, 15) is 9.59 Å². The Morgan fingerprint density at radius 1 is 1.33 bits per heavy atom. The van der Waals surface area contributed by atoms with E-state index in [1.807, 2.05) is 0 Å². The van der Waals surface area contributed by atoms with Gasteiger partial charge in [0.2, 0.25) is 5.91 Å². The van der Waals surface area contributed by atoms with Gasteiger partial charge >= 0.3 is 0 Å².